The van der Waals surface area contributed by atoms with Crippen LogP contribution in [0.15, 0.2) is 24.3 Å². The molecular weight excluding hydrogens is 350 g/mol. The second-order valence-electron chi connectivity index (χ2n) is 5.43. The molecule has 0 radical (unpaired) electrons. The summed E-state index contributed by atoms with van der Waals surface area (Å²) in [5, 5.41) is 3.60. The first kappa shape index (κ1) is 17.2. The van der Waals surface area contributed by atoms with Crippen LogP contribution in [0.1, 0.15) is 22.6 Å². The maximum atomic E-state index is 13.1. The number of rotatable bonds is 1. The molecule has 0 aliphatic carbocycles. The number of aromatic nitrogens is 4. The monoisotopic (exact) mass is 360 g/mol. The van der Waals surface area contributed by atoms with Crippen molar-refractivity contribution in [3.8, 4) is 5.82 Å². The van der Waals surface area contributed by atoms with Crippen LogP contribution in [-0.2, 0) is 12.4 Å². The average molecular weight is 360 g/mol. The van der Waals surface area contributed by atoms with Gasteiger partial charge in [-0.05, 0) is 38.1 Å². The molecule has 3 aromatic rings. The van der Waals surface area contributed by atoms with E-state index in [0.29, 0.717) is 11.4 Å². The smallest absolute Gasteiger partial charge is 0.223 e. The molecule has 0 N–H and O–H groups in total. The lowest BCUT2D eigenvalue weighted by atomic mass is 10.1. The standard InChI is InChI=1S/C15H10F6N4/c1-7-5-8(2)25(24-7)12-4-3-9-10(14(16,17)18)6-11(15(19,20)21)22-13(9)23-12/h3-6H,1-2H3. The zero-order chi connectivity index (χ0) is 18.6. The van der Waals surface area contributed by atoms with Crippen LogP contribution in [0.2, 0.25) is 0 Å². The van der Waals surface area contributed by atoms with Crippen molar-refractivity contribution in [1.29, 1.82) is 0 Å². The lowest BCUT2D eigenvalue weighted by Crippen LogP contribution is -2.14. The van der Waals surface area contributed by atoms with E-state index in [4.69, 9.17) is 0 Å². The molecule has 0 aliphatic heterocycles. The maximum absolute atomic E-state index is 13.1. The molecular formula is C15H10F6N4. The van der Waals surface area contributed by atoms with Crippen LogP contribution in [0.3, 0.4) is 0 Å². The summed E-state index contributed by atoms with van der Waals surface area (Å²) in [7, 11) is 0. The van der Waals surface area contributed by atoms with Crippen molar-refractivity contribution in [3.05, 3.63) is 46.9 Å². The van der Waals surface area contributed by atoms with Gasteiger partial charge >= 0.3 is 12.4 Å². The molecule has 0 saturated heterocycles. The SMILES string of the molecule is Cc1cc(C)n(-c2ccc3c(C(F)(F)F)cc(C(F)(F)F)nc3n2)n1. The van der Waals surface area contributed by atoms with E-state index < -0.39 is 34.6 Å². The van der Waals surface area contributed by atoms with Gasteiger partial charge in [-0.1, -0.05) is 0 Å². The highest BCUT2D eigenvalue weighted by molar-refractivity contribution is 5.80. The Morgan fingerprint density at radius 2 is 1.56 bits per heavy atom. The molecule has 3 heterocycles. The van der Waals surface area contributed by atoms with Crippen LogP contribution in [0.4, 0.5) is 26.3 Å². The summed E-state index contributed by atoms with van der Waals surface area (Å²) >= 11 is 0. The topological polar surface area (TPSA) is 43.6 Å². The Bertz CT molecular complexity index is 955. The first-order chi connectivity index (χ1) is 11.5. The van der Waals surface area contributed by atoms with Gasteiger partial charge in [0.25, 0.3) is 0 Å². The molecule has 0 unspecified atom stereocenters. The van der Waals surface area contributed by atoms with Crippen molar-refractivity contribution in [2.75, 3.05) is 0 Å². The fourth-order valence-corrected chi connectivity index (χ4v) is 2.45. The molecule has 0 atom stereocenters. The van der Waals surface area contributed by atoms with Crippen molar-refractivity contribution in [3.63, 3.8) is 0 Å². The van der Waals surface area contributed by atoms with Crippen molar-refractivity contribution in [1.82, 2.24) is 19.7 Å². The van der Waals surface area contributed by atoms with Crippen LogP contribution in [-0.4, -0.2) is 19.7 Å². The van der Waals surface area contributed by atoms with E-state index in [1.165, 1.54) is 10.7 Å². The van der Waals surface area contributed by atoms with Crippen molar-refractivity contribution in [2.24, 2.45) is 0 Å². The number of hydrogen-bond acceptors (Lipinski definition) is 3. The van der Waals surface area contributed by atoms with E-state index in [-0.39, 0.29) is 11.9 Å². The third-order valence-corrected chi connectivity index (χ3v) is 3.48. The highest BCUT2D eigenvalue weighted by atomic mass is 19.4. The number of alkyl halides is 6. The molecule has 0 aliphatic rings. The second-order valence-corrected chi connectivity index (χ2v) is 5.43. The minimum atomic E-state index is -5.02. The number of pyridine rings is 2. The fraction of sp³-hybridized carbons (Fsp3) is 0.267. The molecule has 3 aromatic heterocycles. The Hall–Kier alpha value is -2.65. The van der Waals surface area contributed by atoms with Crippen molar-refractivity contribution >= 4 is 11.0 Å². The summed E-state index contributed by atoms with van der Waals surface area (Å²) < 4.78 is 79.4. The van der Waals surface area contributed by atoms with Crippen LogP contribution in [0.5, 0.6) is 0 Å². The minimum Gasteiger partial charge on any atom is -0.223 e. The third-order valence-electron chi connectivity index (χ3n) is 3.48. The molecule has 10 heteroatoms. The molecule has 0 bridgehead atoms. The first-order valence-corrected chi connectivity index (χ1v) is 6.96. The van der Waals surface area contributed by atoms with Crippen molar-refractivity contribution < 1.29 is 26.3 Å². The van der Waals surface area contributed by atoms with Gasteiger partial charge in [-0.3, -0.25) is 0 Å². The predicted octanol–water partition coefficient (Wildman–Crippen LogP) is 4.47. The number of aryl methyl sites for hydroxylation is 2. The highest BCUT2D eigenvalue weighted by Crippen LogP contribution is 2.38. The zero-order valence-electron chi connectivity index (χ0n) is 12.9. The second kappa shape index (κ2) is 5.43. The Balaban J connectivity index is 2.30. The predicted molar refractivity (Wildman–Crippen MR) is 76.1 cm³/mol. The molecule has 25 heavy (non-hydrogen) atoms. The van der Waals surface area contributed by atoms with E-state index >= 15 is 0 Å². The quantitative estimate of drug-likeness (QED) is 0.602. The Morgan fingerprint density at radius 3 is 2.08 bits per heavy atom. The molecule has 0 fully saturated rings. The highest BCUT2D eigenvalue weighted by Gasteiger charge is 2.39. The lowest BCUT2D eigenvalue weighted by molar-refractivity contribution is -0.144. The van der Waals surface area contributed by atoms with Gasteiger partial charge in [0.05, 0.1) is 11.3 Å². The summed E-state index contributed by atoms with van der Waals surface area (Å²) in [6.07, 6.45) is -9.99. The van der Waals surface area contributed by atoms with Crippen LogP contribution in [0.25, 0.3) is 16.9 Å². The van der Waals surface area contributed by atoms with E-state index in [1.54, 1.807) is 19.9 Å². The van der Waals surface area contributed by atoms with Gasteiger partial charge in [0.2, 0.25) is 0 Å². The van der Waals surface area contributed by atoms with E-state index in [9.17, 15) is 26.3 Å². The largest absolute Gasteiger partial charge is 0.433 e. The normalized spacial score (nSPS) is 12.8. The maximum Gasteiger partial charge on any atom is 0.433 e. The number of halogens is 6. The molecule has 132 valence electrons. The Kier molecular flexibility index (Phi) is 3.73. The molecule has 0 amide bonds. The minimum absolute atomic E-state index is 0.00695. The molecule has 0 aromatic carbocycles. The number of nitrogens with zero attached hydrogens (tertiary/aromatic N) is 4. The zero-order valence-corrected chi connectivity index (χ0v) is 12.9. The van der Waals surface area contributed by atoms with Gasteiger partial charge in [0.1, 0.15) is 5.69 Å². The summed E-state index contributed by atoms with van der Waals surface area (Å²) in [5.74, 6) is 0.0815. The number of fused-ring (bicyclic) bond motifs is 1. The number of hydrogen-bond donors (Lipinski definition) is 0. The van der Waals surface area contributed by atoms with Crippen LogP contribution < -0.4 is 0 Å². The molecule has 0 saturated carbocycles. The molecule has 3 rings (SSSR count). The summed E-state index contributed by atoms with van der Waals surface area (Å²) in [5.41, 5.74) is -2.46. The van der Waals surface area contributed by atoms with Gasteiger partial charge in [-0.2, -0.15) is 31.4 Å². The van der Waals surface area contributed by atoms with E-state index in [1.807, 2.05) is 0 Å². The lowest BCUT2D eigenvalue weighted by Gasteiger charge is -2.14. The van der Waals surface area contributed by atoms with Gasteiger partial charge in [-0.15, -0.1) is 0 Å². The van der Waals surface area contributed by atoms with Crippen LogP contribution in [0, 0.1) is 13.8 Å². The fourth-order valence-electron chi connectivity index (χ4n) is 2.45. The molecule has 4 nitrogen and oxygen atoms in total. The first-order valence-electron chi connectivity index (χ1n) is 6.96. The van der Waals surface area contributed by atoms with Gasteiger partial charge in [0.15, 0.2) is 11.5 Å². The average Bonchev–Trinajstić information content (AvgIpc) is 2.82. The van der Waals surface area contributed by atoms with E-state index in [2.05, 4.69) is 15.1 Å². The Morgan fingerprint density at radius 1 is 0.880 bits per heavy atom. The van der Waals surface area contributed by atoms with Crippen molar-refractivity contribution in [2.45, 2.75) is 26.2 Å². The van der Waals surface area contributed by atoms with Gasteiger partial charge in [-0.25, -0.2) is 14.6 Å². The van der Waals surface area contributed by atoms with E-state index in [0.717, 1.165) is 6.07 Å². The third kappa shape index (κ3) is 3.15. The van der Waals surface area contributed by atoms with Crippen LogP contribution >= 0.6 is 0 Å². The summed E-state index contributed by atoms with van der Waals surface area (Å²) in [6, 6.07) is 4.00. The van der Waals surface area contributed by atoms with Gasteiger partial charge in [0, 0.05) is 11.1 Å². The Labute approximate surface area is 137 Å². The van der Waals surface area contributed by atoms with Gasteiger partial charge < -0.3 is 0 Å². The summed E-state index contributed by atoms with van der Waals surface area (Å²) in [4.78, 5) is 7.12. The molecule has 0 spiro atoms. The summed E-state index contributed by atoms with van der Waals surface area (Å²) in [6.45, 7) is 3.39.